The van der Waals surface area contributed by atoms with Crippen LogP contribution in [0.1, 0.15) is 5.56 Å². The zero-order valence-electron chi connectivity index (χ0n) is 11.6. The number of benzene rings is 3. The van der Waals surface area contributed by atoms with Gasteiger partial charge in [0.25, 0.3) is 0 Å². The van der Waals surface area contributed by atoms with Crippen LogP contribution in [0.3, 0.4) is 0 Å². The van der Waals surface area contributed by atoms with E-state index < -0.39 is 0 Å². The summed E-state index contributed by atoms with van der Waals surface area (Å²) < 4.78 is 11.6. The second kappa shape index (κ2) is 6.62. The Kier molecular flexibility index (Phi) is 4.18. The molecular formula is C19H16O2. The van der Waals surface area contributed by atoms with Gasteiger partial charge in [-0.2, -0.15) is 0 Å². The van der Waals surface area contributed by atoms with Gasteiger partial charge in [0, 0.05) is 0 Å². The Bertz CT molecular complexity index is 678. The lowest BCUT2D eigenvalue weighted by Gasteiger charge is -2.09. The van der Waals surface area contributed by atoms with Crippen LogP contribution < -0.4 is 9.47 Å². The van der Waals surface area contributed by atoms with Crippen molar-refractivity contribution < 1.29 is 9.47 Å². The van der Waals surface area contributed by atoms with E-state index in [2.05, 4.69) is 0 Å². The van der Waals surface area contributed by atoms with Crippen LogP contribution in [-0.4, -0.2) is 0 Å². The van der Waals surface area contributed by atoms with Crippen molar-refractivity contribution in [2.45, 2.75) is 6.61 Å². The molecule has 0 aliphatic rings. The van der Waals surface area contributed by atoms with Gasteiger partial charge in [0.1, 0.15) is 23.9 Å². The maximum atomic E-state index is 5.82. The van der Waals surface area contributed by atoms with E-state index >= 15 is 0 Å². The van der Waals surface area contributed by atoms with Crippen LogP contribution in [0, 0.1) is 0 Å². The number of para-hydroxylation sites is 2. The average Bonchev–Trinajstić information content (AvgIpc) is 2.55. The first-order chi connectivity index (χ1) is 10.4. The van der Waals surface area contributed by atoms with Gasteiger partial charge in [-0.1, -0.05) is 48.5 Å². The van der Waals surface area contributed by atoms with Crippen LogP contribution >= 0.6 is 0 Å². The lowest BCUT2D eigenvalue weighted by Crippen LogP contribution is -1.95. The molecule has 2 nitrogen and oxygen atoms in total. The topological polar surface area (TPSA) is 18.5 Å². The van der Waals surface area contributed by atoms with E-state index in [-0.39, 0.29) is 0 Å². The maximum Gasteiger partial charge on any atom is 0.127 e. The highest BCUT2D eigenvalue weighted by Crippen LogP contribution is 2.22. The van der Waals surface area contributed by atoms with Gasteiger partial charge >= 0.3 is 0 Å². The molecule has 0 saturated heterocycles. The molecule has 3 aromatic carbocycles. The van der Waals surface area contributed by atoms with Gasteiger partial charge in [0.05, 0.1) is 0 Å². The summed E-state index contributed by atoms with van der Waals surface area (Å²) in [6.45, 7) is 0.524. The Morgan fingerprint density at radius 2 is 1.19 bits per heavy atom. The monoisotopic (exact) mass is 276 g/mol. The van der Waals surface area contributed by atoms with Crippen molar-refractivity contribution in [2.24, 2.45) is 0 Å². The van der Waals surface area contributed by atoms with E-state index in [9.17, 15) is 0 Å². The largest absolute Gasteiger partial charge is 0.489 e. The fourth-order valence-corrected chi connectivity index (χ4v) is 2.01. The van der Waals surface area contributed by atoms with E-state index in [4.69, 9.17) is 9.47 Å². The third kappa shape index (κ3) is 3.86. The second-order valence-electron chi connectivity index (χ2n) is 4.66. The lowest BCUT2D eigenvalue weighted by atomic mass is 10.2. The Hall–Kier alpha value is -2.74. The second-order valence-corrected chi connectivity index (χ2v) is 4.66. The molecule has 0 amide bonds. The molecule has 21 heavy (non-hydrogen) atoms. The molecule has 0 unspecified atom stereocenters. The molecule has 0 saturated carbocycles. The van der Waals surface area contributed by atoms with Crippen LogP contribution in [0.15, 0.2) is 84.9 Å². The van der Waals surface area contributed by atoms with Gasteiger partial charge < -0.3 is 9.47 Å². The normalized spacial score (nSPS) is 10.1. The van der Waals surface area contributed by atoms with E-state index in [1.54, 1.807) is 0 Å². The molecule has 0 fully saturated rings. The smallest absolute Gasteiger partial charge is 0.127 e. The fourth-order valence-electron chi connectivity index (χ4n) is 2.01. The van der Waals surface area contributed by atoms with Crippen LogP contribution in [-0.2, 0) is 6.61 Å². The summed E-state index contributed by atoms with van der Waals surface area (Å²) in [6.07, 6.45) is 0. The van der Waals surface area contributed by atoms with Crippen molar-refractivity contribution in [1.29, 1.82) is 0 Å². The zero-order valence-corrected chi connectivity index (χ0v) is 11.6. The first-order valence-electron chi connectivity index (χ1n) is 6.90. The highest BCUT2D eigenvalue weighted by molar-refractivity contribution is 5.34. The molecule has 0 aromatic heterocycles. The first kappa shape index (κ1) is 13.3. The molecule has 0 bridgehead atoms. The summed E-state index contributed by atoms with van der Waals surface area (Å²) in [4.78, 5) is 0. The summed E-state index contributed by atoms with van der Waals surface area (Å²) in [7, 11) is 0. The number of rotatable bonds is 5. The molecule has 3 rings (SSSR count). The minimum atomic E-state index is 0.524. The van der Waals surface area contributed by atoms with Gasteiger partial charge in [-0.15, -0.1) is 0 Å². The Morgan fingerprint density at radius 1 is 0.571 bits per heavy atom. The van der Waals surface area contributed by atoms with Crippen molar-refractivity contribution in [1.82, 2.24) is 0 Å². The summed E-state index contributed by atoms with van der Waals surface area (Å²) in [6, 6.07) is 27.5. The van der Waals surface area contributed by atoms with Gasteiger partial charge in [-0.05, 0) is 42.0 Å². The molecule has 0 aliphatic heterocycles. The van der Waals surface area contributed by atoms with Crippen molar-refractivity contribution >= 4 is 0 Å². The average molecular weight is 276 g/mol. The molecule has 0 aliphatic carbocycles. The molecular weight excluding hydrogens is 260 g/mol. The molecule has 3 aromatic rings. The van der Waals surface area contributed by atoms with Crippen molar-refractivity contribution in [2.75, 3.05) is 0 Å². The zero-order chi connectivity index (χ0) is 14.3. The number of hydrogen-bond acceptors (Lipinski definition) is 2. The Balaban J connectivity index is 1.66. The standard InChI is InChI=1S/C19H16O2/c1-3-9-17(10-4-1)20-15-16-8-7-13-19(14-16)21-18-11-5-2-6-12-18/h1-14H,15H2. The highest BCUT2D eigenvalue weighted by Gasteiger charge is 2.00. The predicted molar refractivity (Wildman–Crippen MR) is 83.7 cm³/mol. The molecule has 0 heterocycles. The van der Waals surface area contributed by atoms with E-state index in [0.717, 1.165) is 22.8 Å². The maximum absolute atomic E-state index is 5.82. The summed E-state index contributed by atoms with van der Waals surface area (Å²) in [5.41, 5.74) is 1.08. The summed E-state index contributed by atoms with van der Waals surface area (Å²) >= 11 is 0. The van der Waals surface area contributed by atoms with Crippen molar-refractivity contribution in [3.63, 3.8) is 0 Å². The van der Waals surface area contributed by atoms with E-state index in [0.29, 0.717) is 6.61 Å². The summed E-state index contributed by atoms with van der Waals surface area (Å²) in [5.74, 6) is 2.51. The van der Waals surface area contributed by atoms with Crippen LogP contribution in [0.2, 0.25) is 0 Å². The summed E-state index contributed by atoms with van der Waals surface area (Å²) in [5, 5.41) is 0. The van der Waals surface area contributed by atoms with Gasteiger partial charge in [0.2, 0.25) is 0 Å². The van der Waals surface area contributed by atoms with E-state index in [1.807, 2.05) is 84.9 Å². The lowest BCUT2D eigenvalue weighted by molar-refractivity contribution is 0.305. The minimum absolute atomic E-state index is 0.524. The predicted octanol–water partition coefficient (Wildman–Crippen LogP) is 5.06. The SMILES string of the molecule is c1ccc(OCc2cccc(Oc3ccccc3)c2)cc1. The van der Waals surface area contributed by atoms with Crippen molar-refractivity contribution in [3.05, 3.63) is 90.5 Å². The molecule has 104 valence electrons. The minimum Gasteiger partial charge on any atom is -0.489 e. The van der Waals surface area contributed by atoms with Crippen molar-refractivity contribution in [3.8, 4) is 17.2 Å². The third-order valence-electron chi connectivity index (χ3n) is 3.03. The fraction of sp³-hybridized carbons (Fsp3) is 0.0526. The first-order valence-corrected chi connectivity index (χ1v) is 6.90. The van der Waals surface area contributed by atoms with Gasteiger partial charge in [-0.3, -0.25) is 0 Å². The van der Waals surface area contributed by atoms with Gasteiger partial charge in [0.15, 0.2) is 0 Å². The Labute approximate surface area is 124 Å². The Morgan fingerprint density at radius 3 is 1.90 bits per heavy atom. The van der Waals surface area contributed by atoms with Crippen LogP contribution in [0.5, 0.6) is 17.2 Å². The highest BCUT2D eigenvalue weighted by atomic mass is 16.5. The molecule has 0 atom stereocenters. The van der Waals surface area contributed by atoms with E-state index in [1.165, 1.54) is 0 Å². The quantitative estimate of drug-likeness (QED) is 0.648. The molecule has 2 heteroatoms. The number of ether oxygens (including phenoxy) is 2. The van der Waals surface area contributed by atoms with Crippen LogP contribution in [0.4, 0.5) is 0 Å². The third-order valence-corrected chi connectivity index (χ3v) is 3.03. The molecule has 0 radical (unpaired) electrons. The van der Waals surface area contributed by atoms with Crippen LogP contribution in [0.25, 0.3) is 0 Å². The molecule has 0 spiro atoms. The number of hydrogen-bond donors (Lipinski definition) is 0. The molecule has 0 N–H and O–H groups in total. The van der Waals surface area contributed by atoms with Gasteiger partial charge in [-0.25, -0.2) is 0 Å².